The second-order valence-electron chi connectivity index (χ2n) is 10.0. The van der Waals surface area contributed by atoms with Crippen molar-refractivity contribution in [1.82, 2.24) is 10.2 Å². The Morgan fingerprint density at radius 3 is 2.52 bits per heavy atom. The van der Waals surface area contributed by atoms with Crippen molar-refractivity contribution in [2.75, 3.05) is 24.7 Å². The molecule has 1 N–H and O–H groups in total. The Morgan fingerprint density at radius 1 is 1.00 bits per heavy atom. The number of nitrogens with zero attached hydrogens (tertiary/aromatic N) is 2. The van der Waals surface area contributed by atoms with Crippen LogP contribution in [-0.2, 0) is 4.79 Å². The van der Waals surface area contributed by atoms with E-state index in [1.54, 1.807) is 0 Å². The molecule has 4 nitrogen and oxygen atoms in total. The standard InChI is InChI=1S/C24H35N3O.ClH/c1-23-11-6-5-7-19(23)17-21(10-12-23)26-15-13-24(14-16-26)22(28)25-18-27(24)20-8-3-2-4-9-20;/h2-4,8-9,19,21H,5-7,10-18H2,1H3,(H,25,28);1H/t19-,21-,23+;/m0./s1. The van der Waals surface area contributed by atoms with Gasteiger partial charge in [0.1, 0.15) is 5.54 Å². The van der Waals surface area contributed by atoms with Crippen molar-refractivity contribution >= 4 is 24.0 Å². The molecule has 0 aromatic heterocycles. The first-order valence-corrected chi connectivity index (χ1v) is 11.5. The summed E-state index contributed by atoms with van der Waals surface area (Å²) >= 11 is 0. The van der Waals surface area contributed by atoms with Crippen molar-refractivity contribution in [2.45, 2.75) is 76.3 Å². The summed E-state index contributed by atoms with van der Waals surface area (Å²) in [5, 5.41) is 3.13. The summed E-state index contributed by atoms with van der Waals surface area (Å²) < 4.78 is 0. The normalized spacial score (nSPS) is 34.4. The van der Waals surface area contributed by atoms with Gasteiger partial charge in [-0.05, 0) is 68.4 Å². The molecule has 2 saturated heterocycles. The lowest BCUT2D eigenvalue weighted by molar-refractivity contribution is -0.125. The fraction of sp³-hybridized carbons (Fsp3) is 0.708. The van der Waals surface area contributed by atoms with Crippen LogP contribution in [0.25, 0.3) is 0 Å². The molecule has 1 spiro atoms. The van der Waals surface area contributed by atoms with Crippen LogP contribution >= 0.6 is 12.4 Å². The highest BCUT2D eigenvalue weighted by Crippen LogP contribution is 2.51. The van der Waals surface area contributed by atoms with E-state index in [1.807, 2.05) is 6.07 Å². The average molecular weight is 418 g/mol. The molecule has 1 aromatic rings. The molecule has 4 aliphatic rings. The van der Waals surface area contributed by atoms with Gasteiger partial charge < -0.3 is 15.1 Å². The summed E-state index contributed by atoms with van der Waals surface area (Å²) in [5.41, 5.74) is 1.44. The van der Waals surface area contributed by atoms with Crippen LogP contribution in [0.2, 0.25) is 0 Å². The minimum Gasteiger partial charge on any atom is -0.339 e. The maximum Gasteiger partial charge on any atom is 0.247 e. The van der Waals surface area contributed by atoms with Crippen molar-refractivity contribution < 1.29 is 4.79 Å². The second-order valence-corrected chi connectivity index (χ2v) is 10.0. The van der Waals surface area contributed by atoms with Crippen LogP contribution in [0.3, 0.4) is 0 Å². The molecule has 2 saturated carbocycles. The van der Waals surface area contributed by atoms with Crippen molar-refractivity contribution in [2.24, 2.45) is 11.3 Å². The molecular formula is C24H36ClN3O. The van der Waals surface area contributed by atoms with E-state index in [-0.39, 0.29) is 23.9 Å². The van der Waals surface area contributed by atoms with Gasteiger partial charge in [-0.1, -0.05) is 38.0 Å². The molecule has 1 amide bonds. The van der Waals surface area contributed by atoms with E-state index >= 15 is 0 Å². The zero-order valence-electron chi connectivity index (χ0n) is 17.7. The van der Waals surface area contributed by atoms with E-state index in [4.69, 9.17) is 0 Å². The number of hydrogen-bond acceptors (Lipinski definition) is 3. The number of fused-ring (bicyclic) bond motifs is 1. The average Bonchev–Trinajstić information content (AvgIpc) is 3.04. The molecule has 1 aromatic carbocycles. The number of carbonyl (C=O) groups is 1. The van der Waals surface area contributed by atoms with Gasteiger partial charge in [0.05, 0.1) is 6.67 Å². The van der Waals surface area contributed by atoms with E-state index in [9.17, 15) is 4.79 Å². The quantitative estimate of drug-likeness (QED) is 0.764. The minimum absolute atomic E-state index is 0. The maximum atomic E-state index is 12.9. The fourth-order valence-electron chi connectivity index (χ4n) is 6.77. The number of nitrogens with one attached hydrogen (secondary N) is 1. The fourth-order valence-corrected chi connectivity index (χ4v) is 6.77. The monoisotopic (exact) mass is 417 g/mol. The van der Waals surface area contributed by atoms with Gasteiger partial charge in [-0.25, -0.2) is 0 Å². The van der Waals surface area contributed by atoms with E-state index in [2.05, 4.69) is 46.3 Å². The lowest BCUT2D eigenvalue weighted by Crippen LogP contribution is -2.58. The van der Waals surface area contributed by atoms with Crippen LogP contribution in [0.1, 0.15) is 64.7 Å². The Hall–Kier alpha value is -1.26. The number of hydrogen-bond donors (Lipinski definition) is 1. The van der Waals surface area contributed by atoms with Gasteiger partial charge in [0.2, 0.25) is 5.91 Å². The minimum atomic E-state index is -0.341. The lowest BCUT2D eigenvalue weighted by atomic mass is 9.59. The molecule has 2 aliphatic carbocycles. The number of para-hydroxylation sites is 1. The summed E-state index contributed by atoms with van der Waals surface area (Å²) in [6.45, 7) is 5.32. The van der Waals surface area contributed by atoms with Gasteiger partial charge in [-0.3, -0.25) is 4.79 Å². The third kappa shape index (κ3) is 3.57. The molecule has 2 heterocycles. The van der Waals surface area contributed by atoms with Gasteiger partial charge in [0.15, 0.2) is 0 Å². The van der Waals surface area contributed by atoms with E-state index in [0.29, 0.717) is 12.1 Å². The molecule has 0 radical (unpaired) electrons. The number of halogens is 1. The first-order chi connectivity index (χ1) is 13.6. The third-order valence-corrected chi connectivity index (χ3v) is 8.69. The van der Waals surface area contributed by atoms with Crippen LogP contribution in [0.4, 0.5) is 5.69 Å². The Labute approximate surface area is 181 Å². The molecule has 0 bridgehead atoms. The molecule has 4 fully saturated rings. The van der Waals surface area contributed by atoms with Gasteiger partial charge in [-0.15, -0.1) is 12.4 Å². The van der Waals surface area contributed by atoms with E-state index in [0.717, 1.165) is 37.9 Å². The van der Waals surface area contributed by atoms with Crippen LogP contribution in [0.15, 0.2) is 30.3 Å². The number of piperidine rings is 1. The molecule has 5 rings (SSSR count). The Morgan fingerprint density at radius 2 is 1.76 bits per heavy atom. The Bertz CT molecular complexity index is 718. The molecule has 0 unspecified atom stereocenters. The first kappa shape index (κ1) is 21.0. The van der Waals surface area contributed by atoms with Gasteiger partial charge in [0.25, 0.3) is 0 Å². The largest absolute Gasteiger partial charge is 0.339 e. The molecule has 5 heteroatoms. The highest BCUT2D eigenvalue weighted by molar-refractivity contribution is 5.93. The molecule has 3 atom stereocenters. The second kappa shape index (κ2) is 8.11. The predicted octanol–water partition coefficient (Wildman–Crippen LogP) is 4.59. The molecule has 2 aliphatic heterocycles. The third-order valence-electron chi connectivity index (χ3n) is 8.69. The van der Waals surface area contributed by atoms with E-state index in [1.165, 1.54) is 50.6 Å². The van der Waals surface area contributed by atoms with Crippen molar-refractivity contribution in [3.8, 4) is 0 Å². The van der Waals surface area contributed by atoms with Crippen molar-refractivity contribution in [3.05, 3.63) is 30.3 Å². The summed E-state index contributed by atoms with van der Waals surface area (Å²) in [4.78, 5) is 17.9. The Balaban J connectivity index is 0.00000205. The highest BCUT2D eigenvalue weighted by atomic mass is 35.5. The number of amides is 1. The SMILES string of the molecule is C[C@]12CCCC[C@H]1C[C@@H](N1CCC3(CC1)C(=O)NCN3c1ccccc1)CC2.Cl. The summed E-state index contributed by atoms with van der Waals surface area (Å²) in [6.07, 6.45) is 11.8. The number of anilines is 1. The highest BCUT2D eigenvalue weighted by Gasteiger charge is 2.51. The molecule has 160 valence electrons. The summed E-state index contributed by atoms with van der Waals surface area (Å²) in [7, 11) is 0. The smallest absolute Gasteiger partial charge is 0.247 e. The van der Waals surface area contributed by atoms with Gasteiger partial charge in [0, 0.05) is 24.8 Å². The molecular weight excluding hydrogens is 382 g/mol. The topological polar surface area (TPSA) is 35.6 Å². The van der Waals surface area contributed by atoms with Crippen LogP contribution in [-0.4, -0.2) is 42.1 Å². The van der Waals surface area contributed by atoms with Gasteiger partial charge in [-0.2, -0.15) is 0 Å². The predicted molar refractivity (Wildman–Crippen MR) is 120 cm³/mol. The Kier molecular flexibility index (Phi) is 5.87. The molecule has 29 heavy (non-hydrogen) atoms. The van der Waals surface area contributed by atoms with Crippen LogP contribution in [0.5, 0.6) is 0 Å². The number of rotatable bonds is 2. The number of likely N-dealkylation sites (tertiary alicyclic amines) is 1. The summed E-state index contributed by atoms with van der Waals surface area (Å²) in [6, 6.07) is 11.2. The number of benzene rings is 1. The van der Waals surface area contributed by atoms with Crippen molar-refractivity contribution in [1.29, 1.82) is 0 Å². The van der Waals surface area contributed by atoms with Gasteiger partial charge >= 0.3 is 0 Å². The van der Waals surface area contributed by atoms with Crippen LogP contribution < -0.4 is 10.2 Å². The lowest BCUT2D eigenvalue weighted by Gasteiger charge is -2.52. The van der Waals surface area contributed by atoms with E-state index < -0.39 is 0 Å². The number of carbonyl (C=O) groups excluding carboxylic acids is 1. The first-order valence-electron chi connectivity index (χ1n) is 11.5. The maximum absolute atomic E-state index is 12.9. The zero-order chi connectivity index (χ0) is 19.2. The van der Waals surface area contributed by atoms with Crippen molar-refractivity contribution in [3.63, 3.8) is 0 Å². The zero-order valence-corrected chi connectivity index (χ0v) is 18.6. The van der Waals surface area contributed by atoms with Crippen LogP contribution in [0, 0.1) is 11.3 Å². The summed E-state index contributed by atoms with van der Waals surface area (Å²) in [5.74, 6) is 1.16.